The molecular weight excluding hydrogens is 206 g/mol. The van der Waals surface area contributed by atoms with E-state index in [1.54, 1.807) is 0 Å². The lowest BCUT2D eigenvalue weighted by atomic mass is 9.76. The molecule has 1 N–H and O–H groups in total. The predicted molar refractivity (Wildman–Crippen MR) is 75.9 cm³/mol. The minimum absolute atomic E-state index is 0.270. The molecule has 1 rings (SSSR count). The van der Waals surface area contributed by atoms with E-state index in [1.165, 1.54) is 32.1 Å². The lowest BCUT2D eigenvalue weighted by molar-refractivity contribution is 0.213. The van der Waals surface area contributed by atoms with Crippen molar-refractivity contribution >= 4 is 0 Å². The molecule has 98 valence electrons. The normalized spacial score (nSPS) is 28.2. The predicted octanol–water partition coefficient (Wildman–Crippen LogP) is 3.98. The van der Waals surface area contributed by atoms with E-state index in [2.05, 4.69) is 38.9 Å². The van der Waals surface area contributed by atoms with Crippen molar-refractivity contribution in [2.45, 2.75) is 78.3 Å². The number of rotatable bonds is 3. The molecule has 0 heterocycles. The van der Waals surface area contributed by atoms with Crippen LogP contribution in [0.3, 0.4) is 0 Å². The zero-order valence-corrected chi connectivity index (χ0v) is 12.1. The maximum atomic E-state index is 5.52. The average Bonchev–Trinajstić information content (AvgIpc) is 2.50. The van der Waals surface area contributed by atoms with Gasteiger partial charge in [0.1, 0.15) is 0 Å². The second kappa shape index (κ2) is 6.45. The van der Waals surface area contributed by atoms with Crippen LogP contribution in [0.2, 0.25) is 0 Å². The number of hydrogen-bond donors (Lipinski definition) is 1. The van der Waals surface area contributed by atoms with Crippen LogP contribution in [-0.2, 0) is 0 Å². The second-order valence-corrected chi connectivity index (χ2v) is 6.56. The van der Waals surface area contributed by atoms with E-state index in [1.807, 2.05) is 0 Å². The molecule has 0 radical (unpaired) electrons. The van der Waals surface area contributed by atoms with Crippen molar-refractivity contribution in [2.75, 3.05) is 0 Å². The van der Waals surface area contributed by atoms with Gasteiger partial charge in [0.2, 0.25) is 0 Å². The fourth-order valence-corrected chi connectivity index (χ4v) is 2.90. The minimum Gasteiger partial charge on any atom is -0.301 e. The molecule has 0 bridgehead atoms. The van der Waals surface area contributed by atoms with E-state index in [0.29, 0.717) is 11.5 Å². The monoisotopic (exact) mass is 235 g/mol. The lowest BCUT2D eigenvalue weighted by Gasteiger charge is -2.30. The summed E-state index contributed by atoms with van der Waals surface area (Å²) in [4.78, 5) is 0. The molecule has 1 aliphatic rings. The van der Waals surface area contributed by atoms with E-state index in [4.69, 9.17) is 6.42 Å². The molecule has 0 aromatic heterocycles. The topological polar surface area (TPSA) is 12.0 Å². The Bertz CT molecular complexity index is 256. The zero-order chi connectivity index (χ0) is 12.9. The van der Waals surface area contributed by atoms with Gasteiger partial charge in [-0.1, -0.05) is 40.0 Å². The summed E-state index contributed by atoms with van der Waals surface area (Å²) in [7, 11) is 0. The molecule has 0 aromatic rings. The van der Waals surface area contributed by atoms with Gasteiger partial charge in [0.15, 0.2) is 0 Å². The van der Waals surface area contributed by atoms with Crippen molar-refractivity contribution in [1.82, 2.24) is 5.32 Å². The Morgan fingerprint density at radius 1 is 1.24 bits per heavy atom. The first-order chi connectivity index (χ1) is 7.97. The van der Waals surface area contributed by atoms with Crippen LogP contribution in [0.15, 0.2) is 0 Å². The molecule has 3 atom stereocenters. The highest BCUT2D eigenvalue weighted by molar-refractivity contribution is 4.99. The standard InChI is InChI=1S/C16H29N/c1-6-14(7-2)17-15-10-8-9-13(11-12-15)16(3,4)5/h1,13-15,17H,7-12H2,2-5H3. The molecule has 1 nitrogen and oxygen atoms in total. The maximum Gasteiger partial charge on any atom is 0.0686 e. The summed E-state index contributed by atoms with van der Waals surface area (Å²) in [5, 5.41) is 3.63. The second-order valence-electron chi connectivity index (χ2n) is 6.56. The molecular formula is C16H29N. The summed E-state index contributed by atoms with van der Waals surface area (Å²) in [5.74, 6) is 3.72. The molecule has 1 fully saturated rings. The summed E-state index contributed by atoms with van der Waals surface area (Å²) in [6.07, 6.45) is 13.2. The van der Waals surface area contributed by atoms with Gasteiger partial charge in [0.05, 0.1) is 6.04 Å². The third kappa shape index (κ3) is 4.72. The summed E-state index contributed by atoms with van der Waals surface area (Å²) in [6, 6.07) is 0.912. The molecule has 0 aliphatic heterocycles. The fourth-order valence-electron chi connectivity index (χ4n) is 2.90. The highest BCUT2D eigenvalue weighted by atomic mass is 14.9. The van der Waals surface area contributed by atoms with Gasteiger partial charge in [-0.3, -0.25) is 0 Å². The quantitative estimate of drug-likeness (QED) is 0.576. The fraction of sp³-hybridized carbons (Fsp3) is 0.875. The van der Waals surface area contributed by atoms with Gasteiger partial charge in [-0.05, 0) is 43.4 Å². The first-order valence-corrected chi connectivity index (χ1v) is 7.19. The van der Waals surface area contributed by atoms with E-state index in [0.717, 1.165) is 12.3 Å². The number of terminal acetylenes is 1. The van der Waals surface area contributed by atoms with Gasteiger partial charge >= 0.3 is 0 Å². The Morgan fingerprint density at radius 2 is 1.94 bits per heavy atom. The molecule has 17 heavy (non-hydrogen) atoms. The minimum atomic E-state index is 0.270. The highest BCUT2D eigenvalue weighted by Gasteiger charge is 2.28. The third-order valence-corrected chi connectivity index (χ3v) is 4.24. The van der Waals surface area contributed by atoms with Gasteiger partial charge in [-0.2, -0.15) is 0 Å². The molecule has 1 aliphatic carbocycles. The summed E-state index contributed by atoms with van der Waals surface area (Å²) >= 11 is 0. The first kappa shape index (κ1) is 14.6. The van der Waals surface area contributed by atoms with Gasteiger partial charge in [0.25, 0.3) is 0 Å². The SMILES string of the molecule is C#CC(CC)NC1CCCC(C(C)(C)C)CC1. The van der Waals surface area contributed by atoms with Crippen LogP contribution in [0.5, 0.6) is 0 Å². The number of hydrogen-bond acceptors (Lipinski definition) is 1. The van der Waals surface area contributed by atoms with Crippen LogP contribution >= 0.6 is 0 Å². The largest absolute Gasteiger partial charge is 0.301 e. The Hall–Kier alpha value is -0.480. The van der Waals surface area contributed by atoms with Crippen LogP contribution in [0.25, 0.3) is 0 Å². The summed E-state index contributed by atoms with van der Waals surface area (Å²) in [6.45, 7) is 9.29. The Labute approximate surface area is 108 Å². The van der Waals surface area contributed by atoms with Gasteiger partial charge in [0, 0.05) is 6.04 Å². The summed E-state index contributed by atoms with van der Waals surface area (Å²) < 4.78 is 0. The number of nitrogens with one attached hydrogen (secondary N) is 1. The van der Waals surface area contributed by atoms with E-state index < -0.39 is 0 Å². The van der Waals surface area contributed by atoms with Crippen LogP contribution in [0.1, 0.15) is 66.2 Å². The van der Waals surface area contributed by atoms with Gasteiger partial charge in [-0.15, -0.1) is 6.42 Å². The van der Waals surface area contributed by atoms with Crippen LogP contribution in [0, 0.1) is 23.7 Å². The van der Waals surface area contributed by atoms with E-state index in [-0.39, 0.29) is 6.04 Å². The lowest BCUT2D eigenvalue weighted by Crippen LogP contribution is -2.36. The smallest absolute Gasteiger partial charge is 0.0686 e. The van der Waals surface area contributed by atoms with Crippen molar-refractivity contribution in [3.8, 4) is 12.3 Å². The van der Waals surface area contributed by atoms with Crippen molar-refractivity contribution in [3.63, 3.8) is 0 Å². The van der Waals surface area contributed by atoms with Gasteiger partial charge < -0.3 is 5.32 Å². The van der Waals surface area contributed by atoms with Crippen molar-refractivity contribution in [2.24, 2.45) is 11.3 Å². The van der Waals surface area contributed by atoms with Gasteiger partial charge in [-0.25, -0.2) is 0 Å². The average molecular weight is 235 g/mol. The molecule has 1 heteroatoms. The molecule has 0 saturated heterocycles. The van der Waals surface area contributed by atoms with E-state index in [9.17, 15) is 0 Å². The van der Waals surface area contributed by atoms with E-state index >= 15 is 0 Å². The Morgan fingerprint density at radius 3 is 2.47 bits per heavy atom. The van der Waals surface area contributed by atoms with Crippen LogP contribution in [-0.4, -0.2) is 12.1 Å². The molecule has 0 aromatic carbocycles. The molecule has 1 saturated carbocycles. The first-order valence-electron chi connectivity index (χ1n) is 7.19. The third-order valence-electron chi connectivity index (χ3n) is 4.24. The van der Waals surface area contributed by atoms with Crippen LogP contribution in [0.4, 0.5) is 0 Å². The van der Waals surface area contributed by atoms with Crippen molar-refractivity contribution in [1.29, 1.82) is 0 Å². The highest BCUT2D eigenvalue weighted by Crippen LogP contribution is 2.36. The molecule has 0 amide bonds. The van der Waals surface area contributed by atoms with Crippen LogP contribution < -0.4 is 5.32 Å². The molecule has 3 unspecified atom stereocenters. The van der Waals surface area contributed by atoms with Crippen molar-refractivity contribution in [3.05, 3.63) is 0 Å². The Kier molecular flexibility index (Phi) is 5.53. The summed E-state index contributed by atoms with van der Waals surface area (Å²) in [5.41, 5.74) is 0.463. The zero-order valence-electron chi connectivity index (χ0n) is 12.1. The Balaban J connectivity index is 2.46. The molecule has 0 spiro atoms. The maximum absolute atomic E-state index is 5.52. The van der Waals surface area contributed by atoms with Crippen molar-refractivity contribution < 1.29 is 0 Å².